The first-order chi connectivity index (χ1) is 5.00. The number of alkyl halides is 3. The Kier molecular flexibility index (Phi) is 2.13. The number of thiocarbonyl (C=S) groups is 1. The van der Waals surface area contributed by atoms with Gasteiger partial charge >= 0.3 is 6.18 Å². The van der Waals surface area contributed by atoms with Crippen molar-refractivity contribution in [2.75, 3.05) is 0 Å². The number of rotatable bonds is 0. The second kappa shape index (κ2) is 2.77. The van der Waals surface area contributed by atoms with Crippen LogP contribution in [0.3, 0.4) is 0 Å². The van der Waals surface area contributed by atoms with Crippen LogP contribution in [0, 0.1) is 6.08 Å². The summed E-state index contributed by atoms with van der Waals surface area (Å²) in [6, 6.07) is 0. The van der Waals surface area contributed by atoms with E-state index in [1.807, 2.05) is 0 Å². The van der Waals surface area contributed by atoms with Gasteiger partial charge in [0.2, 0.25) is 0 Å². The SMILES string of the molecule is FC(F)(F)C1=CCC(=S)[C]=C1. The zero-order chi connectivity index (χ0) is 8.48. The van der Waals surface area contributed by atoms with E-state index in [0.29, 0.717) is 4.86 Å². The molecule has 4 heteroatoms. The highest BCUT2D eigenvalue weighted by molar-refractivity contribution is 7.80. The first kappa shape index (κ1) is 8.46. The molecule has 0 atom stereocenters. The summed E-state index contributed by atoms with van der Waals surface area (Å²) in [4.78, 5) is 0.415. The normalized spacial score (nSPS) is 18.5. The quantitative estimate of drug-likeness (QED) is 0.512. The van der Waals surface area contributed by atoms with Gasteiger partial charge in [-0.15, -0.1) is 0 Å². The Morgan fingerprint density at radius 1 is 1.45 bits per heavy atom. The van der Waals surface area contributed by atoms with E-state index in [1.165, 1.54) is 0 Å². The van der Waals surface area contributed by atoms with Gasteiger partial charge in [0.05, 0.1) is 5.57 Å². The van der Waals surface area contributed by atoms with Gasteiger partial charge in [-0.3, -0.25) is 0 Å². The van der Waals surface area contributed by atoms with Crippen LogP contribution in [0.4, 0.5) is 13.2 Å². The van der Waals surface area contributed by atoms with Gasteiger partial charge in [-0.25, -0.2) is 0 Å². The fraction of sp³-hybridized carbons (Fsp3) is 0.286. The highest BCUT2D eigenvalue weighted by atomic mass is 32.1. The first-order valence-corrected chi connectivity index (χ1v) is 3.31. The largest absolute Gasteiger partial charge is 0.416 e. The maximum Gasteiger partial charge on any atom is 0.416 e. The van der Waals surface area contributed by atoms with Crippen LogP contribution < -0.4 is 0 Å². The van der Waals surface area contributed by atoms with Gasteiger partial charge in [0.25, 0.3) is 0 Å². The lowest BCUT2D eigenvalue weighted by Crippen LogP contribution is -2.12. The third-order valence-corrected chi connectivity index (χ3v) is 1.51. The van der Waals surface area contributed by atoms with Gasteiger partial charge in [-0.05, 0) is 12.2 Å². The van der Waals surface area contributed by atoms with E-state index < -0.39 is 11.7 Å². The van der Waals surface area contributed by atoms with E-state index in [1.54, 1.807) is 0 Å². The van der Waals surface area contributed by atoms with Crippen molar-refractivity contribution < 1.29 is 13.2 Å². The number of hydrogen-bond donors (Lipinski definition) is 0. The van der Waals surface area contributed by atoms with Crippen molar-refractivity contribution in [3.05, 3.63) is 23.8 Å². The van der Waals surface area contributed by atoms with E-state index in [4.69, 9.17) is 0 Å². The van der Waals surface area contributed by atoms with Crippen molar-refractivity contribution >= 4 is 17.1 Å². The van der Waals surface area contributed by atoms with Gasteiger partial charge in [-0.2, -0.15) is 13.2 Å². The standard InChI is InChI=1S/C7H4F3S/c8-7(9,10)5-1-3-6(11)4-2-5/h1-2H,3H2. The fourth-order valence-electron chi connectivity index (χ4n) is 0.676. The Morgan fingerprint density at radius 2 is 2.09 bits per heavy atom. The fourth-order valence-corrected chi connectivity index (χ4v) is 0.819. The molecule has 0 saturated carbocycles. The van der Waals surface area contributed by atoms with Crippen LogP contribution in [0.5, 0.6) is 0 Å². The Labute approximate surface area is 67.4 Å². The summed E-state index contributed by atoms with van der Waals surface area (Å²) in [5.41, 5.74) is -0.661. The highest BCUT2D eigenvalue weighted by Crippen LogP contribution is 2.28. The Balaban J connectivity index is 2.79. The van der Waals surface area contributed by atoms with Crippen LogP contribution in [-0.2, 0) is 0 Å². The molecule has 1 rings (SSSR count). The molecule has 0 aliphatic heterocycles. The van der Waals surface area contributed by atoms with Crippen molar-refractivity contribution in [2.24, 2.45) is 0 Å². The van der Waals surface area contributed by atoms with Crippen molar-refractivity contribution in [3.8, 4) is 0 Å². The molecule has 0 saturated heterocycles. The summed E-state index contributed by atoms with van der Waals surface area (Å²) in [5.74, 6) is 0. The summed E-state index contributed by atoms with van der Waals surface area (Å²) in [6.45, 7) is 0. The van der Waals surface area contributed by atoms with Gasteiger partial charge < -0.3 is 0 Å². The summed E-state index contributed by atoms with van der Waals surface area (Å²) in [6.07, 6.45) is 0.212. The zero-order valence-electron chi connectivity index (χ0n) is 5.40. The molecule has 0 aromatic carbocycles. The number of allylic oxidation sites excluding steroid dienone is 4. The summed E-state index contributed by atoms with van der Waals surface area (Å²) in [7, 11) is 0. The van der Waals surface area contributed by atoms with Gasteiger partial charge in [0, 0.05) is 11.3 Å². The molecule has 0 N–H and O–H groups in total. The first-order valence-electron chi connectivity index (χ1n) is 2.90. The minimum atomic E-state index is -4.26. The molecule has 1 radical (unpaired) electrons. The Morgan fingerprint density at radius 3 is 2.45 bits per heavy atom. The summed E-state index contributed by atoms with van der Waals surface area (Å²) < 4.78 is 35.7. The molecule has 0 heterocycles. The second-order valence-electron chi connectivity index (χ2n) is 2.07. The Bertz CT molecular complexity index is 235. The summed E-state index contributed by atoms with van der Waals surface area (Å²) in [5, 5.41) is 0. The van der Waals surface area contributed by atoms with Gasteiger partial charge in [0.15, 0.2) is 0 Å². The van der Waals surface area contributed by atoms with E-state index in [9.17, 15) is 13.2 Å². The van der Waals surface area contributed by atoms with Crippen LogP contribution >= 0.6 is 12.2 Å². The molecule has 0 aromatic rings. The maximum absolute atomic E-state index is 11.9. The van der Waals surface area contributed by atoms with Gasteiger partial charge in [0.1, 0.15) is 0 Å². The summed E-state index contributed by atoms with van der Waals surface area (Å²) >= 11 is 4.63. The predicted octanol–water partition coefficient (Wildman–Crippen LogP) is 2.61. The molecule has 0 fully saturated rings. The molecule has 1 aliphatic rings. The molecule has 59 valence electrons. The monoisotopic (exact) mass is 177 g/mol. The zero-order valence-corrected chi connectivity index (χ0v) is 6.22. The molecular weight excluding hydrogens is 173 g/mol. The number of halogens is 3. The minimum absolute atomic E-state index is 0.167. The third kappa shape index (κ3) is 2.15. The van der Waals surface area contributed by atoms with Crippen LogP contribution in [0.15, 0.2) is 17.7 Å². The van der Waals surface area contributed by atoms with Crippen LogP contribution in [0.2, 0.25) is 0 Å². The topological polar surface area (TPSA) is 0 Å². The molecule has 0 nitrogen and oxygen atoms in total. The Hall–Kier alpha value is -0.640. The lowest BCUT2D eigenvalue weighted by atomic mass is 10.1. The predicted molar refractivity (Wildman–Crippen MR) is 39.2 cm³/mol. The van der Waals surface area contributed by atoms with Crippen LogP contribution in [0.25, 0.3) is 0 Å². The lowest BCUT2D eigenvalue weighted by Gasteiger charge is -2.09. The highest BCUT2D eigenvalue weighted by Gasteiger charge is 2.32. The smallest absolute Gasteiger partial charge is 0.166 e. The van der Waals surface area contributed by atoms with E-state index in [2.05, 4.69) is 18.3 Å². The lowest BCUT2D eigenvalue weighted by molar-refractivity contribution is -0.0884. The molecule has 0 aromatic heterocycles. The second-order valence-corrected chi connectivity index (χ2v) is 2.57. The average molecular weight is 177 g/mol. The van der Waals surface area contributed by atoms with Crippen molar-refractivity contribution in [2.45, 2.75) is 12.6 Å². The molecule has 0 unspecified atom stereocenters. The van der Waals surface area contributed by atoms with Crippen molar-refractivity contribution in [1.29, 1.82) is 0 Å². The molecule has 11 heavy (non-hydrogen) atoms. The van der Waals surface area contributed by atoms with Crippen LogP contribution in [0.1, 0.15) is 6.42 Å². The van der Waals surface area contributed by atoms with Gasteiger partial charge in [-0.1, -0.05) is 18.3 Å². The molecule has 0 amide bonds. The molecular formula is C7H4F3S. The van der Waals surface area contributed by atoms with E-state index in [0.717, 1.165) is 12.2 Å². The molecule has 1 aliphatic carbocycles. The maximum atomic E-state index is 11.9. The minimum Gasteiger partial charge on any atom is -0.166 e. The van der Waals surface area contributed by atoms with E-state index in [-0.39, 0.29) is 6.42 Å². The molecule has 0 spiro atoms. The number of hydrogen-bond acceptors (Lipinski definition) is 1. The third-order valence-electron chi connectivity index (χ3n) is 1.22. The van der Waals surface area contributed by atoms with Crippen LogP contribution in [-0.4, -0.2) is 11.0 Å². The molecule has 0 bridgehead atoms. The van der Waals surface area contributed by atoms with E-state index >= 15 is 0 Å². The van der Waals surface area contributed by atoms with Crippen molar-refractivity contribution in [3.63, 3.8) is 0 Å². The average Bonchev–Trinajstić information content (AvgIpc) is 1.86. The van der Waals surface area contributed by atoms with Crippen molar-refractivity contribution in [1.82, 2.24) is 0 Å².